The van der Waals surface area contributed by atoms with Crippen molar-refractivity contribution in [2.24, 2.45) is 5.92 Å². The van der Waals surface area contributed by atoms with Crippen LogP contribution in [0.5, 0.6) is 0 Å². The molecule has 0 radical (unpaired) electrons. The van der Waals surface area contributed by atoms with Crippen LogP contribution >= 0.6 is 0 Å². The summed E-state index contributed by atoms with van der Waals surface area (Å²) in [6, 6.07) is 7.76. The molecule has 7 heteroatoms. The topological polar surface area (TPSA) is 84.9 Å². The lowest BCUT2D eigenvalue weighted by Gasteiger charge is -2.23. The molecule has 25 heavy (non-hydrogen) atoms. The van der Waals surface area contributed by atoms with Gasteiger partial charge in [-0.3, -0.25) is 0 Å². The fraction of sp³-hybridized carbons (Fsp3) is 0.389. The Labute approximate surface area is 146 Å². The third-order valence-corrected chi connectivity index (χ3v) is 4.50. The first-order valence-corrected chi connectivity index (χ1v) is 8.65. The van der Waals surface area contributed by atoms with Crippen molar-refractivity contribution in [1.82, 2.24) is 25.1 Å². The van der Waals surface area contributed by atoms with Crippen LogP contribution in [0.3, 0.4) is 0 Å². The van der Waals surface area contributed by atoms with Crippen LogP contribution in [0.4, 0.5) is 11.6 Å². The van der Waals surface area contributed by atoms with Crippen LogP contribution in [0.1, 0.15) is 12.6 Å². The van der Waals surface area contributed by atoms with E-state index in [-0.39, 0.29) is 0 Å². The molecule has 0 saturated carbocycles. The van der Waals surface area contributed by atoms with Crippen LogP contribution < -0.4 is 16.0 Å². The zero-order chi connectivity index (χ0) is 17.4. The summed E-state index contributed by atoms with van der Waals surface area (Å²) in [5.41, 5.74) is 8.53. The summed E-state index contributed by atoms with van der Waals surface area (Å²) < 4.78 is 1.85. The van der Waals surface area contributed by atoms with Crippen LogP contribution in [-0.4, -0.2) is 45.9 Å². The van der Waals surface area contributed by atoms with E-state index < -0.39 is 0 Å². The molecule has 130 valence electrons. The fourth-order valence-corrected chi connectivity index (χ4v) is 3.30. The number of nitrogens with zero attached hydrogens (tertiary/aromatic N) is 5. The lowest BCUT2D eigenvalue weighted by atomic mass is 10.2. The SMILES string of the molecule is Cc1cc(-n2ncc3cc(N)ccc32)nc(N2CCNCC(C)C2)n1. The average Bonchev–Trinajstić information content (AvgIpc) is 2.87. The van der Waals surface area contributed by atoms with Gasteiger partial charge in [0.25, 0.3) is 0 Å². The number of benzene rings is 1. The molecule has 1 fully saturated rings. The highest BCUT2D eigenvalue weighted by atomic mass is 15.3. The van der Waals surface area contributed by atoms with Crippen molar-refractivity contribution in [3.05, 3.63) is 36.2 Å². The highest BCUT2D eigenvalue weighted by molar-refractivity contribution is 5.83. The molecular weight excluding hydrogens is 314 g/mol. The van der Waals surface area contributed by atoms with Crippen LogP contribution in [0.15, 0.2) is 30.5 Å². The maximum absolute atomic E-state index is 5.87. The summed E-state index contributed by atoms with van der Waals surface area (Å²) >= 11 is 0. The summed E-state index contributed by atoms with van der Waals surface area (Å²) in [6.07, 6.45) is 1.82. The number of aromatic nitrogens is 4. The molecule has 4 rings (SSSR count). The molecule has 1 atom stereocenters. The molecule has 0 bridgehead atoms. The van der Waals surface area contributed by atoms with Gasteiger partial charge >= 0.3 is 0 Å². The molecule has 1 aromatic carbocycles. The molecule has 1 unspecified atom stereocenters. The van der Waals surface area contributed by atoms with Crippen LogP contribution in [0.2, 0.25) is 0 Å². The van der Waals surface area contributed by atoms with Crippen molar-refractivity contribution in [3.8, 4) is 5.82 Å². The number of fused-ring (bicyclic) bond motifs is 1. The number of nitrogens with two attached hydrogens (primary N) is 1. The number of hydrogen-bond acceptors (Lipinski definition) is 6. The molecule has 0 amide bonds. The molecule has 1 aliphatic heterocycles. The van der Waals surface area contributed by atoms with Gasteiger partial charge in [0, 0.05) is 42.5 Å². The smallest absolute Gasteiger partial charge is 0.227 e. The quantitative estimate of drug-likeness (QED) is 0.693. The molecule has 1 saturated heterocycles. The first-order valence-electron chi connectivity index (χ1n) is 8.65. The Morgan fingerprint density at radius 1 is 1.24 bits per heavy atom. The van der Waals surface area contributed by atoms with Gasteiger partial charge in [0.15, 0.2) is 5.82 Å². The number of hydrogen-bond donors (Lipinski definition) is 2. The molecule has 0 spiro atoms. The van der Waals surface area contributed by atoms with Crippen molar-refractivity contribution in [2.45, 2.75) is 13.8 Å². The molecule has 7 nitrogen and oxygen atoms in total. The van der Waals surface area contributed by atoms with E-state index in [4.69, 9.17) is 10.7 Å². The van der Waals surface area contributed by atoms with Crippen LogP contribution in [-0.2, 0) is 0 Å². The fourth-order valence-electron chi connectivity index (χ4n) is 3.30. The highest BCUT2D eigenvalue weighted by Gasteiger charge is 2.18. The Bertz CT molecular complexity index is 902. The lowest BCUT2D eigenvalue weighted by Crippen LogP contribution is -2.31. The van der Waals surface area contributed by atoms with Crippen LogP contribution in [0, 0.1) is 12.8 Å². The minimum absolute atomic E-state index is 0.559. The summed E-state index contributed by atoms with van der Waals surface area (Å²) in [7, 11) is 0. The second-order valence-electron chi connectivity index (χ2n) is 6.80. The molecule has 2 aromatic heterocycles. The van der Waals surface area contributed by atoms with Gasteiger partial charge < -0.3 is 16.0 Å². The van der Waals surface area contributed by atoms with E-state index in [0.717, 1.165) is 60.2 Å². The Morgan fingerprint density at radius 3 is 3.00 bits per heavy atom. The summed E-state index contributed by atoms with van der Waals surface area (Å²) in [6.45, 7) is 8.07. The Balaban J connectivity index is 1.76. The van der Waals surface area contributed by atoms with Gasteiger partial charge in [-0.05, 0) is 37.6 Å². The van der Waals surface area contributed by atoms with Gasteiger partial charge in [0.2, 0.25) is 5.95 Å². The Morgan fingerprint density at radius 2 is 2.12 bits per heavy atom. The van der Waals surface area contributed by atoms with E-state index >= 15 is 0 Å². The number of rotatable bonds is 2. The first kappa shape index (κ1) is 15.8. The van der Waals surface area contributed by atoms with Crippen molar-refractivity contribution < 1.29 is 0 Å². The van der Waals surface area contributed by atoms with E-state index in [9.17, 15) is 0 Å². The third-order valence-electron chi connectivity index (χ3n) is 4.50. The van der Waals surface area contributed by atoms with E-state index in [1.165, 1.54) is 0 Å². The maximum Gasteiger partial charge on any atom is 0.227 e. The zero-order valence-electron chi connectivity index (χ0n) is 14.6. The molecule has 3 N–H and O–H groups in total. The Hall–Kier alpha value is -2.67. The largest absolute Gasteiger partial charge is 0.399 e. The lowest BCUT2D eigenvalue weighted by molar-refractivity contribution is 0.561. The normalized spacial score (nSPS) is 18.5. The number of nitrogens with one attached hydrogen (secondary N) is 1. The monoisotopic (exact) mass is 337 g/mol. The Kier molecular flexibility index (Phi) is 4.01. The van der Waals surface area contributed by atoms with E-state index in [1.54, 1.807) is 0 Å². The molecular formula is C18H23N7. The predicted octanol–water partition coefficient (Wildman–Crippen LogP) is 1.75. The average molecular weight is 337 g/mol. The second-order valence-corrected chi connectivity index (χ2v) is 6.80. The van der Waals surface area contributed by atoms with Gasteiger partial charge in [-0.1, -0.05) is 6.92 Å². The van der Waals surface area contributed by atoms with Crippen molar-refractivity contribution >= 4 is 22.5 Å². The van der Waals surface area contributed by atoms with Gasteiger partial charge in [0.05, 0.1) is 11.7 Å². The van der Waals surface area contributed by atoms with E-state index in [2.05, 4.69) is 27.2 Å². The molecule has 3 aromatic rings. The predicted molar refractivity (Wildman–Crippen MR) is 100 cm³/mol. The summed E-state index contributed by atoms with van der Waals surface area (Å²) in [5, 5.41) is 8.97. The highest BCUT2D eigenvalue weighted by Crippen LogP contribution is 2.22. The number of nitrogen functional groups attached to an aromatic ring is 1. The van der Waals surface area contributed by atoms with Crippen molar-refractivity contribution in [1.29, 1.82) is 0 Å². The van der Waals surface area contributed by atoms with Gasteiger partial charge in [-0.2, -0.15) is 10.1 Å². The van der Waals surface area contributed by atoms with Gasteiger partial charge in [0.1, 0.15) is 0 Å². The minimum atomic E-state index is 0.559. The van der Waals surface area contributed by atoms with E-state index in [0.29, 0.717) is 5.92 Å². The van der Waals surface area contributed by atoms with Crippen molar-refractivity contribution in [3.63, 3.8) is 0 Å². The second kappa shape index (κ2) is 6.33. The maximum atomic E-state index is 5.87. The first-order chi connectivity index (χ1) is 12.1. The van der Waals surface area contributed by atoms with Crippen molar-refractivity contribution in [2.75, 3.05) is 36.8 Å². The van der Waals surface area contributed by atoms with Gasteiger partial charge in [-0.15, -0.1) is 0 Å². The third kappa shape index (κ3) is 3.15. The molecule has 1 aliphatic rings. The summed E-state index contributed by atoms with van der Waals surface area (Å²) in [4.78, 5) is 11.7. The number of anilines is 2. The minimum Gasteiger partial charge on any atom is -0.399 e. The molecule has 0 aliphatic carbocycles. The van der Waals surface area contributed by atoms with Crippen LogP contribution in [0.25, 0.3) is 16.7 Å². The number of aryl methyl sites for hydroxylation is 1. The summed E-state index contributed by atoms with van der Waals surface area (Å²) in [5.74, 6) is 2.11. The zero-order valence-corrected chi connectivity index (χ0v) is 14.6. The van der Waals surface area contributed by atoms with Gasteiger partial charge in [-0.25, -0.2) is 9.67 Å². The van der Waals surface area contributed by atoms with E-state index in [1.807, 2.05) is 42.1 Å². The standard InChI is InChI=1S/C18H23N7/c1-12-9-20-5-6-24(11-12)18-22-13(2)7-17(23-18)25-16-4-3-15(19)8-14(16)10-21-25/h3-4,7-8,10,12,20H,5-6,9,11,19H2,1-2H3. The molecule has 3 heterocycles.